The summed E-state index contributed by atoms with van der Waals surface area (Å²) in [4.78, 5) is 11.8. The van der Waals surface area contributed by atoms with Crippen LogP contribution < -0.4 is 10.1 Å². The van der Waals surface area contributed by atoms with E-state index in [-0.39, 0.29) is 11.7 Å². The molecule has 120 valence electrons. The predicted molar refractivity (Wildman–Crippen MR) is 90.9 cm³/mol. The van der Waals surface area contributed by atoms with Gasteiger partial charge < -0.3 is 10.1 Å². The molecule has 4 heteroatoms. The number of nitrogens with one attached hydrogen (secondary N) is 1. The highest BCUT2D eigenvalue weighted by molar-refractivity contribution is 6.01. The van der Waals surface area contributed by atoms with Gasteiger partial charge in [0.15, 0.2) is 0 Å². The molecule has 1 N–H and O–H groups in total. The number of unbranched alkanes of at least 4 members (excludes halogenated alkanes) is 1. The monoisotopic (exact) mass is 313 g/mol. The lowest BCUT2D eigenvalue weighted by Gasteiger charge is -2.06. The van der Waals surface area contributed by atoms with Crippen LogP contribution in [0.2, 0.25) is 0 Å². The van der Waals surface area contributed by atoms with Crippen LogP contribution in [0.1, 0.15) is 25.3 Å². The number of halogens is 1. The second-order valence-corrected chi connectivity index (χ2v) is 5.10. The fourth-order valence-electron chi connectivity index (χ4n) is 1.90. The summed E-state index contributed by atoms with van der Waals surface area (Å²) in [6.07, 6.45) is 5.16. The van der Waals surface area contributed by atoms with Crippen molar-refractivity contribution in [2.24, 2.45) is 0 Å². The summed E-state index contributed by atoms with van der Waals surface area (Å²) in [5, 5.41) is 2.76. The highest BCUT2D eigenvalue weighted by Crippen LogP contribution is 2.16. The van der Waals surface area contributed by atoms with Crippen molar-refractivity contribution < 1.29 is 13.9 Å². The molecule has 0 saturated heterocycles. The molecule has 23 heavy (non-hydrogen) atoms. The van der Waals surface area contributed by atoms with Gasteiger partial charge in [0.1, 0.15) is 11.6 Å². The number of amides is 1. The van der Waals surface area contributed by atoms with Crippen LogP contribution in [0.5, 0.6) is 5.75 Å². The largest absolute Gasteiger partial charge is 0.494 e. The SMILES string of the molecule is CCCCOc1ccc(NC(=O)C=Cc2ccc(F)cc2)cc1. The van der Waals surface area contributed by atoms with Gasteiger partial charge in [-0.2, -0.15) is 0 Å². The molecule has 2 rings (SSSR count). The van der Waals surface area contributed by atoms with E-state index in [0.717, 1.165) is 24.2 Å². The number of benzene rings is 2. The van der Waals surface area contributed by atoms with Crippen molar-refractivity contribution in [3.8, 4) is 5.75 Å². The molecule has 0 bridgehead atoms. The van der Waals surface area contributed by atoms with E-state index in [4.69, 9.17) is 4.74 Å². The minimum atomic E-state index is -0.298. The first-order chi connectivity index (χ1) is 11.2. The van der Waals surface area contributed by atoms with Crippen molar-refractivity contribution in [2.45, 2.75) is 19.8 Å². The Balaban J connectivity index is 1.86. The summed E-state index contributed by atoms with van der Waals surface area (Å²) in [7, 11) is 0. The molecule has 0 aliphatic heterocycles. The predicted octanol–water partition coefficient (Wildman–Crippen LogP) is 4.66. The lowest BCUT2D eigenvalue weighted by atomic mass is 10.2. The van der Waals surface area contributed by atoms with Crippen LogP contribution in [-0.4, -0.2) is 12.5 Å². The zero-order valence-corrected chi connectivity index (χ0v) is 13.1. The van der Waals surface area contributed by atoms with Gasteiger partial charge in [0.05, 0.1) is 6.61 Å². The molecule has 0 aromatic heterocycles. The van der Waals surface area contributed by atoms with Gasteiger partial charge in [-0.3, -0.25) is 4.79 Å². The average molecular weight is 313 g/mol. The first-order valence-electron chi connectivity index (χ1n) is 7.65. The summed E-state index contributed by atoms with van der Waals surface area (Å²) in [5.74, 6) is 0.250. The van der Waals surface area contributed by atoms with Crippen molar-refractivity contribution in [1.82, 2.24) is 0 Å². The number of hydrogen-bond acceptors (Lipinski definition) is 2. The minimum Gasteiger partial charge on any atom is -0.494 e. The third kappa shape index (κ3) is 5.94. The number of anilines is 1. The molecule has 1 amide bonds. The highest BCUT2D eigenvalue weighted by Gasteiger charge is 1.99. The van der Waals surface area contributed by atoms with Gasteiger partial charge >= 0.3 is 0 Å². The third-order valence-electron chi connectivity index (χ3n) is 3.19. The van der Waals surface area contributed by atoms with Gasteiger partial charge in [-0.25, -0.2) is 4.39 Å². The zero-order valence-electron chi connectivity index (χ0n) is 13.1. The van der Waals surface area contributed by atoms with E-state index < -0.39 is 0 Å². The first kappa shape index (κ1) is 16.7. The Morgan fingerprint density at radius 1 is 1.13 bits per heavy atom. The Bertz CT molecular complexity index is 648. The second kappa shape index (κ2) is 8.73. The maximum Gasteiger partial charge on any atom is 0.248 e. The molecule has 0 heterocycles. The molecule has 0 unspecified atom stereocenters. The molecule has 0 radical (unpaired) electrons. The lowest BCUT2D eigenvalue weighted by Crippen LogP contribution is -2.07. The molecule has 3 nitrogen and oxygen atoms in total. The van der Waals surface area contributed by atoms with E-state index in [1.165, 1.54) is 18.2 Å². The lowest BCUT2D eigenvalue weighted by molar-refractivity contribution is -0.111. The minimum absolute atomic E-state index is 0.242. The van der Waals surface area contributed by atoms with Gasteiger partial charge in [-0.15, -0.1) is 0 Å². The van der Waals surface area contributed by atoms with Crippen LogP contribution in [0.15, 0.2) is 54.6 Å². The van der Waals surface area contributed by atoms with Gasteiger partial charge in [0, 0.05) is 11.8 Å². The van der Waals surface area contributed by atoms with Gasteiger partial charge in [-0.1, -0.05) is 25.5 Å². The second-order valence-electron chi connectivity index (χ2n) is 5.10. The molecule has 0 aliphatic carbocycles. The number of ether oxygens (including phenoxy) is 1. The molecular formula is C19H20FNO2. The van der Waals surface area contributed by atoms with Crippen LogP contribution in [0.4, 0.5) is 10.1 Å². The maximum absolute atomic E-state index is 12.8. The van der Waals surface area contributed by atoms with E-state index in [1.54, 1.807) is 30.3 Å². The molecule has 2 aromatic carbocycles. The molecular weight excluding hydrogens is 293 g/mol. The summed E-state index contributed by atoms with van der Waals surface area (Å²) in [6.45, 7) is 2.81. The van der Waals surface area contributed by atoms with Crippen molar-refractivity contribution in [3.63, 3.8) is 0 Å². The van der Waals surface area contributed by atoms with Gasteiger partial charge in [-0.05, 0) is 54.5 Å². The topological polar surface area (TPSA) is 38.3 Å². The van der Waals surface area contributed by atoms with Crippen molar-refractivity contribution in [1.29, 1.82) is 0 Å². The maximum atomic E-state index is 12.8. The van der Waals surface area contributed by atoms with E-state index in [1.807, 2.05) is 12.1 Å². The van der Waals surface area contributed by atoms with Crippen molar-refractivity contribution in [2.75, 3.05) is 11.9 Å². The zero-order chi connectivity index (χ0) is 16.5. The number of carbonyl (C=O) groups excluding carboxylic acids is 1. The molecule has 0 aliphatic rings. The normalized spacial score (nSPS) is 10.7. The quantitative estimate of drug-likeness (QED) is 0.596. The van der Waals surface area contributed by atoms with Crippen molar-refractivity contribution in [3.05, 3.63) is 66.0 Å². The molecule has 0 saturated carbocycles. The molecule has 2 aromatic rings. The van der Waals surface area contributed by atoms with Crippen LogP contribution in [0.25, 0.3) is 6.08 Å². The number of hydrogen-bond donors (Lipinski definition) is 1. The molecule has 0 fully saturated rings. The van der Waals surface area contributed by atoms with Crippen LogP contribution in [0.3, 0.4) is 0 Å². The molecule has 0 atom stereocenters. The Hall–Kier alpha value is -2.62. The number of rotatable bonds is 7. The summed E-state index contributed by atoms with van der Waals surface area (Å²) in [5.41, 5.74) is 1.46. The fourth-order valence-corrected chi connectivity index (χ4v) is 1.90. The van der Waals surface area contributed by atoms with Crippen LogP contribution in [-0.2, 0) is 4.79 Å². The van der Waals surface area contributed by atoms with E-state index in [0.29, 0.717) is 12.3 Å². The first-order valence-corrected chi connectivity index (χ1v) is 7.65. The summed E-state index contributed by atoms with van der Waals surface area (Å²) < 4.78 is 18.4. The summed E-state index contributed by atoms with van der Waals surface area (Å²) >= 11 is 0. The van der Waals surface area contributed by atoms with E-state index >= 15 is 0 Å². The van der Waals surface area contributed by atoms with E-state index in [2.05, 4.69) is 12.2 Å². The Morgan fingerprint density at radius 2 is 1.83 bits per heavy atom. The Labute approximate surface area is 135 Å². The third-order valence-corrected chi connectivity index (χ3v) is 3.19. The van der Waals surface area contributed by atoms with Crippen LogP contribution in [0, 0.1) is 5.82 Å². The Kier molecular flexibility index (Phi) is 6.36. The van der Waals surface area contributed by atoms with Crippen molar-refractivity contribution >= 4 is 17.7 Å². The highest BCUT2D eigenvalue weighted by atomic mass is 19.1. The standard InChI is InChI=1S/C19H20FNO2/c1-2-3-14-23-18-11-9-17(10-12-18)21-19(22)13-6-15-4-7-16(20)8-5-15/h4-13H,2-3,14H2,1H3,(H,21,22). The summed E-state index contributed by atoms with van der Waals surface area (Å²) in [6, 6.07) is 13.2. The number of carbonyl (C=O) groups is 1. The smallest absolute Gasteiger partial charge is 0.248 e. The van der Waals surface area contributed by atoms with Gasteiger partial charge in [0.2, 0.25) is 5.91 Å². The molecule has 0 spiro atoms. The average Bonchev–Trinajstić information content (AvgIpc) is 2.56. The Morgan fingerprint density at radius 3 is 2.48 bits per heavy atom. The van der Waals surface area contributed by atoms with Gasteiger partial charge in [0.25, 0.3) is 0 Å². The van der Waals surface area contributed by atoms with E-state index in [9.17, 15) is 9.18 Å². The fraction of sp³-hybridized carbons (Fsp3) is 0.211. The van der Waals surface area contributed by atoms with Crippen LogP contribution >= 0.6 is 0 Å².